The number of rotatable bonds is 2. The van der Waals surface area contributed by atoms with E-state index in [2.05, 4.69) is 43.5 Å². The first-order valence-corrected chi connectivity index (χ1v) is 5.94. The van der Waals surface area contributed by atoms with Gasteiger partial charge in [-0.2, -0.15) is 0 Å². The van der Waals surface area contributed by atoms with E-state index in [1.165, 1.54) is 27.1 Å². The van der Waals surface area contributed by atoms with Gasteiger partial charge in [0.25, 0.3) is 0 Å². The third-order valence-electron chi connectivity index (χ3n) is 2.58. The maximum Gasteiger partial charge on any atom is 0.0178 e. The minimum absolute atomic E-state index is 0.608. The number of thiophene rings is 1. The molecule has 0 fully saturated rings. The lowest BCUT2D eigenvalue weighted by atomic mass is 10.00. The fraction of sp³-hybridized carbons (Fsp3) is 0.231. The predicted molar refractivity (Wildman–Crippen MR) is 67.1 cm³/mol. The molecular formula is C13H15NS. The Labute approximate surface area is 94.6 Å². The first-order valence-electron chi connectivity index (χ1n) is 5.06. The van der Waals surface area contributed by atoms with E-state index < -0.39 is 0 Å². The van der Waals surface area contributed by atoms with Crippen LogP contribution < -0.4 is 5.73 Å². The molecule has 0 aliphatic rings. The van der Waals surface area contributed by atoms with E-state index in [0.29, 0.717) is 6.54 Å². The molecule has 0 radical (unpaired) electrons. The minimum Gasteiger partial charge on any atom is -0.326 e. The van der Waals surface area contributed by atoms with Gasteiger partial charge in [-0.15, -0.1) is 11.3 Å². The molecule has 2 aromatic rings. The highest BCUT2D eigenvalue weighted by Crippen LogP contribution is 2.28. The maximum absolute atomic E-state index is 5.65. The van der Waals surface area contributed by atoms with Gasteiger partial charge in [0.05, 0.1) is 0 Å². The second kappa shape index (κ2) is 4.17. The summed E-state index contributed by atoms with van der Waals surface area (Å²) in [6, 6.07) is 8.66. The van der Waals surface area contributed by atoms with Crippen molar-refractivity contribution in [2.45, 2.75) is 20.4 Å². The summed E-state index contributed by atoms with van der Waals surface area (Å²) in [4.78, 5) is 1.35. The molecule has 0 bridgehead atoms. The summed E-state index contributed by atoms with van der Waals surface area (Å²) in [7, 11) is 0. The average molecular weight is 217 g/mol. The average Bonchev–Trinajstić information content (AvgIpc) is 2.65. The molecule has 2 N–H and O–H groups in total. The lowest BCUT2D eigenvalue weighted by Crippen LogP contribution is -1.96. The molecule has 1 nitrogen and oxygen atoms in total. The number of hydrogen-bond donors (Lipinski definition) is 1. The third kappa shape index (κ3) is 2.11. The standard InChI is InChI=1S/C13H15NS/c1-9-3-4-11(7-14)6-13(9)12-5-10(2)15-8-12/h3-6,8H,7,14H2,1-2H3. The summed E-state index contributed by atoms with van der Waals surface area (Å²) in [6.07, 6.45) is 0. The van der Waals surface area contributed by atoms with Crippen LogP contribution >= 0.6 is 11.3 Å². The minimum atomic E-state index is 0.608. The molecule has 0 atom stereocenters. The summed E-state index contributed by atoms with van der Waals surface area (Å²) in [6.45, 7) is 4.88. The molecule has 0 saturated carbocycles. The van der Waals surface area contributed by atoms with Gasteiger partial charge in [0.1, 0.15) is 0 Å². The summed E-state index contributed by atoms with van der Waals surface area (Å²) in [5, 5.41) is 2.21. The molecule has 0 unspecified atom stereocenters. The van der Waals surface area contributed by atoms with Gasteiger partial charge >= 0.3 is 0 Å². The summed E-state index contributed by atoms with van der Waals surface area (Å²) in [5.74, 6) is 0. The Morgan fingerprint density at radius 1 is 1.20 bits per heavy atom. The van der Waals surface area contributed by atoms with Crippen molar-refractivity contribution in [1.29, 1.82) is 0 Å². The van der Waals surface area contributed by atoms with Crippen LogP contribution in [0.15, 0.2) is 29.6 Å². The van der Waals surface area contributed by atoms with Gasteiger partial charge in [-0.25, -0.2) is 0 Å². The van der Waals surface area contributed by atoms with Gasteiger partial charge in [-0.3, -0.25) is 0 Å². The van der Waals surface area contributed by atoms with Crippen molar-refractivity contribution < 1.29 is 0 Å². The van der Waals surface area contributed by atoms with E-state index in [1.54, 1.807) is 11.3 Å². The Bertz CT molecular complexity index is 471. The number of aryl methyl sites for hydroxylation is 2. The Hall–Kier alpha value is -1.12. The van der Waals surface area contributed by atoms with Gasteiger partial charge in [0.2, 0.25) is 0 Å². The predicted octanol–water partition coefficient (Wildman–Crippen LogP) is 3.49. The Morgan fingerprint density at radius 2 is 2.00 bits per heavy atom. The Balaban J connectivity index is 2.51. The van der Waals surface area contributed by atoms with Crippen molar-refractivity contribution in [3.63, 3.8) is 0 Å². The lowest BCUT2D eigenvalue weighted by molar-refractivity contribution is 1.07. The maximum atomic E-state index is 5.65. The fourth-order valence-electron chi connectivity index (χ4n) is 1.69. The van der Waals surface area contributed by atoms with Gasteiger partial charge in [0.15, 0.2) is 0 Å². The van der Waals surface area contributed by atoms with Crippen LogP contribution in [-0.2, 0) is 6.54 Å². The fourth-order valence-corrected chi connectivity index (χ4v) is 2.39. The van der Waals surface area contributed by atoms with Crippen molar-refractivity contribution in [1.82, 2.24) is 0 Å². The van der Waals surface area contributed by atoms with Gasteiger partial charge in [0, 0.05) is 11.4 Å². The molecule has 1 aromatic heterocycles. The number of nitrogens with two attached hydrogens (primary N) is 1. The molecule has 1 heterocycles. The zero-order valence-electron chi connectivity index (χ0n) is 9.08. The van der Waals surface area contributed by atoms with Gasteiger partial charge < -0.3 is 5.73 Å². The molecular weight excluding hydrogens is 202 g/mol. The van der Waals surface area contributed by atoms with Gasteiger partial charge in [-0.05, 0) is 53.6 Å². The van der Waals surface area contributed by atoms with E-state index in [-0.39, 0.29) is 0 Å². The smallest absolute Gasteiger partial charge is 0.0178 e. The molecule has 15 heavy (non-hydrogen) atoms. The van der Waals surface area contributed by atoms with E-state index in [4.69, 9.17) is 5.73 Å². The van der Waals surface area contributed by atoms with Crippen molar-refractivity contribution >= 4 is 11.3 Å². The Morgan fingerprint density at radius 3 is 2.60 bits per heavy atom. The van der Waals surface area contributed by atoms with Crippen LogP contribution in [0.4, 0.5) is 0 Å². The molecule has 2 heteroatoms. The highest BCUT2D eigenvalue weighted by molar-refractivity contribution is 7.10. The summed E-state index contributed by atoms with van der Waals surface area (Å²) in [5.41, 5.74) is 10.8. The summed E-state index contributed by atoms with van der Waals surface area (Å²) < 4.78 is 0. The van der Waals surface area contributed by atoms with Crippen LogP contribution in [0.1, 0.15) is 16.0 Å². The monoisotopic (exact) mass is 217 g/mol. The van der Waals surface area contributed by atoms with E-state index in [0.717, 1.165) is 0 Å². The first kappa shape index (κ1) is 10.4. The van der Waals surface area contributed by atoms with Crippen LogP contribution in [-0.4, -0.2) is 0 Å². The van der Waals surface area contributed by atoms with Crippen LogP contribution in [0.25, 0.3) is 11.1 Å². The molecule has 0 spiro atoms. The second-order valence-electron chi connectivity index (χ2n) is 3.80. The van der Waals surface area contributed by atoms with Crippen molar-refractivity contribution in [3.05, 3.63) is 45.6 Å². The largest absolute Gasteiger partial charge is 0.326 e. The summed E-state index contributed by atoms with van der Waals surface area (Å²) >= 11 is 1.79. The van der Waals surface area contributed by atoms with Gasteiger partial charge in [-0.1, -0.05) is 12.1 Å². The topological polar surface area (TPSA) is 26.0 Å². The Kier molecular flexibility index (Phi) is 2.89. The molecule has 1 aromatic carbocycles. The number of benzene rings is 1. The normalized spacial score (nSPS) is 10.6. The quantitative estimate of drug-likeness (QED) is 0.818. The molecule has 0 amide bonds. The van der Waals surface area contributed by atoms with Crippen molar-refractivity contribution in [2.75, 3.05) is 0 Å². The van der Waals surface area contributed by atoms with E-state index in [1.807, 2.05) is 0 Å². The molecule has 0 aliphatic carbocycles. The highest BCUT2D eigenvalue weighted by Gasteiger charge is 2.04. The molecule has 0 aliphatic heterocycles. The zero-order valence-corrected chi connectivity index (χ0v) is 9.90. The zero-order chi connectivity index (χ0) is 10.8. The third-order valence-corrected chi connectivity index (χ3v) is 3.44. The lowest BCUT2D eigenvalue weighted by Gasteiger charge is -2.06. The molecule has 2 rings (SSSR count). The first-order chi connectivity index (χ1) is 7.20. The second-order valence-corrected chi connectivity index (χ2v) is 4.91. The molecule has 0 saturated heterocycles. The number of hydrogen-bond acceptors (Lipinski definition) is 2. The highest BCUT2D eigenvalue weighted by atomic mass is 32.1. The van der Waals surface area contributed by atoms with Crippen molar-refractivity contribution in [2.24, 2.45) is 5.73 Å². The van der Waals surface area contributed by atoms with Crippen LogP contribution in [0, 0.1) is 13.8 Å². The van der Waals surface area contributed by atoms with Crippen LogP contribution in [0.3, 0.4) is 0 Å². The van der Waals surface area contributed by atoms with E-state index >= 15 is 0 Å². The van der Waals surface area contributed by atoms with E-state index in [9.17, 15) is 0 Å². The SMILES string of the molecule is Cc1cc(-c2cc(CN)ccc2C)cs1. The van der Waals surface area contributed by atoms with Crippen LogP contribution in [0.5, 0.6) is 0 Å². The van der Waals surface area contributed by atoms with Crippen molar-refractivity contribution in [3.8, 4) is 11.1 Å². The van der Waals surface area contributed by atoms with Crippen LogP contribution in [0.2, 0.25) is 0 Å². The molecule has 78 valence electrons.